The summed E-state index contributed by atoms with van der Waals surface area (Å²) in [4.78, 5) is 16.1. The van der Waals surface area contributed by atoms with Gasteiger partial charge in [-0.1, -0.05) is 6.07 Å². The van der Waals surface area contributed by atoms with Crippen LogP contribution in [-0.4, -0.2) is 10.9 Å². The van der Waals surface area contributed by atoms with Crippen molar-refractivity contribution in [3.05, 3.63) is 52.0 Å². The van der Waals surface area contributed by atoms with Crippen molar-refractivity contribution in [1.82, 2.24) is 10.3 Å². The van der Waals surface area contributed by atoms with E-state index in [0.717, 1.165) is 16.8 Å². The number of hydrogen-bond acceptors (Lipinski definition) is 3. The fourth-order valence-electron chi connectivity index (χ4n) is 1.68. The average molecular weight is 260 g/mol. The molecule has 2 aromatic rings. The highest BCUT2D eigenvalue weighted by Gasteiger charge is 2.11. The third kappa shape index (κ3) is 3.40. The van der Waals surface area contributed by atoms with Crippen molar-refractivity contribution in [2.24, 2.45) is 0 Å². The van der Waals surface area contributed by atoms with Crippen LogP contribution in [0.15, 0.2) is 35.2 Å². The zero-order valence-electron chi connectivity index (χ0n) is 10.5. The van der Waals surface area contributed by atoms with E-state index in [1.807, 2.05) is 49.0 Å². The normalized spacial score (nSPS) is 12.1. The molecule has 3 nitrogen and oxygen atoms in total. The number of pyridine rings is 1. The summed E-state index contributed by atoms with van der Waals surface area (Å²) < 4.78 is 0. The van der Waals surface area contributed by atoms with Crippen LogP contribution >= 0.6 is 11.3 Å². The maximum absolute atomic E-state index is 11.8. The van der Waals surface area contributed by atoms with E-state index in [-0.39, 0.29) is 11.9 Å². The SMILES string of the molecule is Cc1ccc(C(C)NC(=O)Cc2ccsc2)nc1. The largest absolute Gasteiger partial charge is 0.348 e. The monoisotopic (exact) mass is 260 g/mol. The van der Waals surface area contributed by atoms with Crippen LogP contribution in [0.1, 0.15) is 29.8 Å². The van der Waals surface area contributed by atoms with Crippen LogP contribution in [0.5, 0.6) is 0 Å². The summed E-state index contributed by atoms with van der Waals surface area (Å²) in [6.07, 6.45) is 2.25. The predicted molar refractivity (Wildman–Crippen MR) is 73.6 cm³/mol. The molecule has 0 saturated carbocycles. The molecule has 2 heterocycles. The second kappa shape index (κ2) is 5.78. The smallest absolute Gasteiger partial charge is 0.224 e. The van der Waals surface area contributed by atoms with Gasteiger partial charge in [-0.2, -0.15) is 11.3 Å². The van der Waals surface area contributed by atoms with Crippen molar-refractivity contribution in [2.45, 2.75) is 26.3 Å². The van der Waals surface area contributed by atoms with E-state index in [1.54, 1.807) is 11.3 Å². The first-order valence-corrected chi connectivity index (χ1v) is 6.82. The van der Waals surface area contributed by atoms with Crippen LogP contribution in [0.3, 0.4) is 0 Å². The molecule has 0 aliphatic rings. The van der Waals surface area contributed by atoms with E-state index in [0.29, 0.717) is 6.42 Å². The van der Waals surface area contributed by atoms with Crippen LogP contribution in [0, 0.1) is 6.92 Å². The van der Waals surface area contributed by atoms with Gasteiger partial charge in [0.15, 0.2) is 0 Å². The predicted octanol–water partition coefficient (Wildman–Crippen LogP) is 2.87. The van der Waals surface area contributed by atoms with Crippen LogP contribution < -0.4 is 5.32 Å². The Hall–Kier alpha value is -1.68. The fraction of sp³-hybridized carbons (Fsp3) is 0.286. The Kier molecular flexibility index (Phi) is 4.10. The lowest BCUT2D eigenvalue weighted by atomic mass is 10.1. The molecular weight excluding hydrogens is 244 g/mol. The molecule has 94 valence electrons. The Balaban J connectivity index is 1.92. The Bertz CT molecular complexity index is 505. The molecule has 18 heavy (non-hydrogen) atoms. The average Bonchev–Trinajstić information content (AvgIpc) is 2.82. The molecular formula is C14H16N2OS. The Morgan fingerprint density at radius 1 is 1.44 bits per heavy atom. The molecule has 0 aromatic carbocycles. The molecule has 2 aromatic heterocycles. The topological polar surface area (TPSA) is 42.0 Å². The van der Waals surface area contributed by atoms with E-state index >= 15 is 0 Å². The number of nitrogens with one attached hydrogen (secondary N) is 1. The Morgan fingerprint density at radius 2 is 2.28 bits per heavy atom. The fourth-order valence-corrected chi connectivity index (χ4v) is 2.35. The van der Waals surface area contributed by atoms with Gasteiger partial charge in [0.25, 0.3) is 0 Å². The second-order valence-electron chi connectivity index (χ2n) is 4.36. The van der Waals surface area contributed by atoms with Crippen LogP contribution in [-0.2, 0) is 11.2 Å². The van der Waals surface area contributed by atoms with Gasteiger partial charge in [-0.25, -0.2) is 0 Å². The zero-order valence-corrected chi connectivity index (χ0v) is 11.3. The summed E-state index contributed by atoms with van der Waals surface area (Å²) in [6, 6.07) is 5.87. The van der Waals surface area contributed by atoms with E-state index < -0.39 is 0 Å². The first-order chi connectivity index (χ1) is 8.65. The van der Waals surface area contributed by atoms with E-state index in [1.165, 1.54) is 0 Å². The highest BCUT2D eigenvalue weighted by molar-refractivity contribution is 7.07. The summed E-state index contributed by atoms with van der Waals surface area (Å²) in [7, 11) is 0. The molecule has 1 unspecified atom stereocenters. The molecule has 0 saturated heterocycles. The van der Waals surface area contributed by atoms with Crippen LogP contribution in [0.2, 0.25) is 0 Å². The van der Waals surface area contributed by atoms with Gasteiger partial charge in [0, 0.05) is 6.20 Å². The van der Waals surface area contributed by atoms with Gasteiger partial charge in [-0.05, 0) is 47.9 Å². The van der Waals surface area contributed by atoms with Crippen molar-refractivity contribution >= 4 is 17.2 Å². The van der Waals surface area contributed by atoms with Gasteiger partial charge in [-0.3, -0.25) is 9.78 Å². The number of carbonyl (C=O) groups excluding carboxylic acids is 1. The number of rotatable bonds is 4. The first-order valence-electron chi connectivity index (χ1n) is 5.88. The number of aromatic nitrogens is 1. The van der Waals surface area contributed by atoms with Gasteiger partial charge in [0.1, 0.15) is 0 Å². The van der Waals surface area contributed by atoms with Gasteiger partial charge >= 0.3 is 0 Å². The highest BCUT2D eigenvalue weighted by atomic mass is 32.1. The number of thiophene rings is 1. The lowest BCUT2D eigenvalue weighted by Gasteiger charge is -2.13. The van der Waals surface area contributed by atoms with Crippen molar-refractivity contribution in [3.63, 3.8) is 0 Å². The summed E-state index contributed by atoms with van der Waals surface area (Å²) in [5, 5.41) is 6.93. The number of amides is 1. The molecule has 1 N–H and O–H groups in total. The molecule has 4 heteroatoms. The molecule has 0 bridgehead atoms. The zero-order chi connectivity index (χ0) is 13.0. The summed E-state index contributed by atoms with van der Waals surface area (Å²) in [5.74, 6) is 0.0308. The van der Waals surface area contributed by atoms with Crippen molar-refractivity contribution < 1.29 is 4.79 Å². The maximum Gasteiger partial charge on any atom is 0.224 e. The molecule has 2 rings (SSSR count). The minimum absolute atomic E-state index is 0.0308. The van der Waals surface area contributed by atoms with Gasteiger partial charge in [0.05, 0.1) is 18.2 Å². The molecule has 0 spiro atoms. The number of aryl methyl sites for hydroxylation is 1. The maximum atomic E-state index is 11.8. The molecule has 1 atom stereocenters. The van der Waals surface area contributed by atoms with Gasteiger partial charge in [-0.15, -0.1) is 0 Å². The van der Waals surface area contributed by atoms with Crippen molar-refractivity contribution in [3.8, 4) is 0 Å². The Labute approximate surface area is 111 Å². The number of nitrogens with zero attached hydrogens (tertiary/aromatic N) is 1. The second-order valence-corrected chi connectivity index (χ2v) is 5.14. The minimum atomic E-state index is -0.0586. The first kappa shape index (κ1) is 12.8. The lowest BCUT2D eigenvalue weighted by molar-refractivity contribution is -0.121. The lowest BCUT2D eigenvalue weighted by Crippen LogP contribution is -2.28. The number of hydrogen-bond donors (Lipinski definition) is 1. The summed E-state index contributed by atoms with van der Waals surface area (Å²) >= 11 is 1.61. The van der Waals surface area contributed by atoms with E-state index in [9.17, 15) is 4.79 Å². The molecule has 1 amide bonds. The Morgan fingerprint density at radius 3 is 2.89 bits per heavy atom. The number of carbonyl (C=O) groups is 1. The van der Waals surface area contributed by atoms with Crippen molar-refractivity contribution in [2.75, 3.05) is 0 Å². The minimum Gasteiger partial charge on any atom is -0.348 e. The highest BCUT2D eigenvalue weighted by Crippen LogP contribution is 2.11. The van der Waals surface area contributed by atoms with Gasteiger partial charge < -0.3 is 5.32 Å². The van der Waals surface area contributed by atoms with Gasteiger partial charge in [0.2, 0.25) is 5.91 Å². The standard InChI is InChI=1S/C14H16N2OS/c1-10-3-4-13(15-8-10)11(2)16-14(17)7-12-5-6-18-9-12/h3-6,8-9,11H,7H2,1-2H3,(H,16,17). The third-order valence-corrected chi connectivity index (χ3v) is 3.43. The molecule has 0 aliphatic heterocycles. The van der Waals surface area contributed by atoms with Crippen LogP contribution in [0.4, 0.5) is 0 Å². The summed E-state index contributed by atoms with van der Waals surface area (Å²) in [6.45, 7) is 3.94. The quantitative estimate of drug-likeness (QED) is 0.918. The van der Waals surface area contributed by atoms with Crippen LogP contribution in [0.25, 0.3) is 0 Å². The molecule has 0 fully saturated rings. The van der Waals surface area contributed by atoms with Crippen molar-refractivity contribution in [1.29, 1.82) is 0 Å². The molecule has 0 aliphatic carbocycles. The van der Waals surface area contributed by atoms with E-state index in [4.69, 9.17) is 0 Å². The van der Waals surface area contributed by atoms with E-state index in [2.05, 4.69) is 10.3 Å². The summed E-state index contributed by atoms with van der Waals surface area (Å²) in [5.41, 5.74) is 3.07. The third-order valence-electron chi connectivity index (χ3n) is 2.70. The molecule has 0 radical (unpaired) electrons.